The first kappa shape index (κ1) is 12.5. The second-order valence-electron chi connectivity index (χ2n) is 5.86. The Kier molecular flexibility index (Phi) is 4.14. The summed E-state index contributed by atoms with van der Waals surface area (Å²) in [6.45, 7) is 6.46. The number of hydrogen-bond donors (Lipinski definition) is 2. The highest BCUT2D eigenvalue weighted by atomic mass is 16.3. The summed E-state index contributed by atoms with van der Waals surface area (Å²) in [5.74, 6) is 0.538. The van der Waals surface area contributed by atoms with Gasteiger partial charge in [0.1, 0.15) is 0 Å². The fourth-order valence-corrected chi connectivity index (χ4v) is 2.13. The predicted octanol–water partition coefficient (Wildman–Crippen LogP) is 1.70. The molecule has 0 unspecified atom stereocenters. The van der Waals surface area contributed by atoms with Gasteiger partial charge < -0.3 is 10.4 Å². The van der Waals surface area contributed by atoms with Crippen molar-refractivity contribution in [2.45, 2.75) is 52.5 Å². The minimum absolute atomic E-state index is 0.0546. The lowest BCUT2D eigenvalue weighted by molar-refractivity contribution is -0.123. The van der Waals surface area contributed by atoms with Gasteiger partial charge in [0.25, 0.3) is 0 Å². The van der Waals surface area contributed by atoms with Crippen LogP contribution in [-0.4, -0.2) is 23.7 Å². The molecule has 15 heavy (non-hydrogen) atoms. The molecule has 1 aliphatic carbocycles. The largest absolute Gasteiger partial charge is 0.396 e. The van der Waals surface area contributed by atoms with Crippen molar-refractivity contribution >= 4 is 5.91 Å². The summed E-state index contributed by atoms with van der Waals surface area (Å²) in [7, 11) is 0. The first-order chi connectivity index (χ1) is 6.90. The maximum absolute atomic E-state index is 11.6. The number of nitrogens with one attached hydrogen (secondary N) is 1. The molecule has 1 saturated carbocycles. The zero-order chi connectivity index (χ0) is 11.5. The Bertz CT molecular complexity index is 220. The molecule has 0 heterocycles. The van der Waals surface area contributed by atoms with Crippen LogP contribution >= 0.6 is 0 Å². The van der Waals surface area contributed by atoms with Crippen LogP contribution in [0.2, 0.25) is 0 Å². The molecule has 1 amide bonds. The Hall–Kier alpha value is -0.570. The first-order valence-electron chi connectivity index (χ1n) is 5.81. The third-order valence-electron chi connectivity index (χ3n) is 2.86. The Labute approximate surface area is 92.3 Å². The number of carbonyl (C=O) groups excluding carboxylic acids is 1. The standard InChI is InChI=1S/C12H23NO2/c1-12(2,3)7-11(15)13-10-5-4-9(6-10)8-14/h9-10,14H,4-8H2,1-3H3,(H,13,15)/t9-,10+/m0/s1. The van der Waals surface area contributed by atoms with Gasteiger partial charge in [-0.25, -0.2) is 0 Å². The Morgan fingerprint density at radius 2 is 2.07 bits per heavy atom. The molecule has 88 valence electrons. The molecule has 0 radical (unpaired) electrons. The summed E-state index contributed by atoms with van der Waals surface area (Å²) in [5.41, 5.74) is 0.0546. The number of carbonyl (C=O) groups is 1. The lowest BCUT2D eigenvalue weighted by Gasteiger charge is -2.19. The van der Waals surface area contributed by atoms with Crippen molar-refractivity contribution in [2.24, 2.45) is 11.3 Å². The lowest BCUT2D eigenvalue weighted by atomic mass is 9.92. The fourth-order valence-electron chi connectivity index (χ4n) is 2.13. The van der Waals surface area contributed by atoms with Crippen molar-refractivity contribution in [1.82, 2.24) is 5.32 Å². The van der Waals surface area contributed by atoms with Gasteiger partial charge >= 0.3 is 0 Å². The number of aliphatic hydroxyl groups is 1. The van der Waals surface area contributed by atoms with Crippen LogP contribution in [0.3, 0.4) is 0 Å². The molecular weight excluding hydrogens is 190 g/mol. The molecule has 1 fully saturated rings. The van der Waals surface area contributed by atoms with Crippen molar-refractivity contribution in [3.8, 4) is 0 Å². The fraction of sp³-hybridized carbons (Fsp3) is 0.917. The van der Waals surface area contributed by atoms with Gasteiger partial charge in [0.2, 0.25) is 5.91 Å². The summed E-state index contributed by atoms with van der Waals surface area (Å²) in [6.07, 6.45) is 3.57. The average Bonchev–Trinajstić information content (AvgIpc) is 2.48. The zero-order valence-electron chi connectivity index (χ0n) is 10.0. The van der Waals surface area contributed by atoms with Crippen LogP contribution in [-0.2, 0) is 4.79 Å². The SMILES string of the molecule is CC(C)(C)CC(=O)N[C@@H]1CC[C@H](CO)C1. The maximum atomic E-state index is 11.6. The second-order valence-corrected chi connectivity index (χ2v) is 5.86. The summed E-state index contributed by atoms with van der Waals surface area (Å²) < 4.78 is 0. The van der Waals surface area contributed by atoms with Crippen LogP contribution in [0.1, 0.15) is 46.5 Å². The molecule has 3 nitrogen and oxygen atoms in total. The van der Waals surface area contributed by atoms with Crippen LogP contribution < -0.4 is 5.32 Å². The minimum atomic E-state index is 0.0546. The molecule has 0 aromatic carbocycles. The highest BCUT2D eigenvalue weighted by Crippen LogP contribution is 2.25. The van der Waals surface area contributed by atoms with Gasteiger partial charge in [-0.15, -0.1) is 0 Å². The van der Waals surface area contributed by atoms with Crippen LogP contribution in [0.4, 0.5) is 0 Å². The minimum Gasteiger partial charge on any atom is -0.396 e. The van der Waals surface area contributed by atoms with Gasteiger partial charge in [0, 0.05) is 19.1 Å². The molecule has 0 aromatic heterocycles. The molecule has 2 N–H and O–H groups in total. The Morgan fingerprint density at radius 1 is 1.40 bits per heavy atom. The lowest BCUT2D eigenvalue weighted by Crippen LogP contribution is -2.35. The highest BCUT2D eigenvalue weighted by molar-refractivity contribution is 5.76. The van der Waals surface area contributed by atoms with Crippen molar-refractivity contribution in [2.75, 3.05) is 6.61 Å². The van der Waals surface area contributed by atoms with E-state index >= 15 is 0 Å². The van der Waals surface area contributed by atoms with Gasteiger partial charge in [-0.3, -0.25) is 4.79 Å². The van der Waals surface area contributed by atoms with Gasteiger partial charge in [0.15, 0.2) is 0 Å². The van der Waals surface area contributed by atoms with Crippen LogP contribution in [0.15, 0.2) is 0 Å². The van der Waals surface area contributed by atoms with E-state index in [0.717, 1.165) is 19.3 Å². The van der Waals surface area contributed by atoms with Crippen molar-refractivity contribution in [3.63, 3.8) is 0 Å². The molecule has 0 bridgehead atoms. The van der Waals surface area contributed by atoms with Crippen LogP contribution in [0.5, 0.6) is 0 Å². The molecule has 0 aliphatic heterocycles. The van der Waals surface area contributed by atoms with E-state index in [1.807, 2.05) is 0 Å². The molecule has 2 atom stereocenters. The molecular formula is C12H23NO2. The number of aliphatic hydroxyl groups excluding tert-OH is 1. The summed E-state index contributed by atoms with van der Waals surface area (Å²) >= 11 is 0. The highest BCUT2D eigenvalue weighted by Gasteiger charge is 2.26. The Morgan fingerprint density at radius 3 is 2.53 bits per heavy atom. The Balaban J connectivity index is 2.28. The smallest absolute Gasteiger partial charge is 0.220 e. The quantitative estimate of drug-likeness (QED) is 0.749. The third-order valence-corrected chi connectivity index (χ3v) is 2.86. The van der Waals surface area contributed by atoms with E-state index in [0.29, 0.717) is 12.3 Å². The molecule has 3 heteroatoms. The van der Waals surface area contributed by atoms with Crippen LogP contribution in [0.25, 0.3) is 0 Å². The topological polar surface area (TPSA) is 49.3 Å². The van der Waals surface area contributed by atoms with Crippen molar-refractivity contribution < 1.29 is 9.90 Å². The van der Waals surface area contributed by atoms with E-state index < -0.39 is 0 Å². The predicted molar refractivity (Wildman–Crippen MR) is 60.4 cm³/mol. The number of rotatable bonds is 3. The van der Waals surface area contributed by atoms with E-state index in [9.17, 15) is 4.79 Å². The normalized spacial score (nSPS) is 26.7. The van der Waals surface area contributed by atoms with E-state index in [4.69, 9.17) is 5.11 Å². The maximum Gasteiger partial charge on any atom is 0.220 e. The van der Waals surface area contributed by atoms with E-state index in [1.165, 1.54) is 0 Å². The van der Waals surface area contributed by atoms with Crippen LogP contribution in [0, 0.1) is 11.3 Å². The van der Waals surface area contributed by atoms with Crippen molar-refractivity contribution in [3.05, 3.63) is 0 Å². The summed E-state index contributed by atoms with van der Waals surface area (Å²) in [5, 5.41) is 12.0. The van der Waals surface area contributed by atoms with Gasteiger partial charge in [-0.1, -0.05) is 20.8 Å². The summed E-state index contributed by atoms with van der Waals surface area (Å²) in [4.78, 5) is 11.6. The van der Waals surface area contributed by atoms with E-state index in [2.05, 4.69) is 26.1 Å². The molecule has 0 saturated heterocycles. The molecule has 0 aromatic rings. The van der Waals surface area contributed by atoms with Gasteiger partial charge in [-0.05, 0) is 30.6 Å². The van der Waals surface area contributed by atoms with Gasteiger partial charge in [0.05, 0.1) is 0 Å². The average molecular weight is 213 g/mol. The first-order valence-corrected chi connectivity index (χ1v) is 5.81. The second kappa shape index (κ2) is 4.97. The molecule has 0 spiro atoms. The van der Waals surface area contributed by atoms with Crippen molar-refractivity contribution in [1.29, 1.82) is 0 Å². The zero-order valence-corrected chi connectivity index (χ0v) is 10.0. The van der Waals surface area contributed by atoms with E-state index in [-0.39, 0.29) is 24.0 Å². The number of hydrogen-bond acceptors (Lipinski definition) is 2. The summed E-state index contributed by atoms with van der Waals surface area (Å²) in [6, 6.07) is 0.289. The monoisotopic (exact) mass is 213 g/mol. The van der Waals surface area contributed by atoms with Gasteiger partial charge in [-0.2, -0.15) is 0 Å². The van der Waals surface area contributed by atoms with E-state index in [1.54, 1.807) is 0 Å². The number of amides is 1. The third kappa shape index (κ3) is 4.65. The molecule has 1 aliphatic rings. The molecule has 1 rings (SSSR count).